The fourth-order valence-electron chi connectivity index (χ4n) is 2.32. The molecule has 132 valence electrons. The molecule has 0 bridgehead atoms. The van der Waals surface area contributed by atoms with E-state index < -0.39 is 0 Å². The fourth-order valence-corrected chi connectivity index (χ4v) is 3.27. The first kappa shape index (κ1) is 18.3. The van der Waals surface area contributed by atoms with E-state index in [9.17, 15) is 4.79 Å². The molecule has 0 atom stereocenters. The molecular formula is C20H18ClN3OS. The minimum Gasteiger partial charge on any atom is -0.346 e. The van der Waals surface area contributed by atoms with Crippen LogP contribution in [0.2, 0.25) is 0 Å². The minimum absolute atomic E-state index is 0.255. The highest BCUT2D eigenvalue weighted by Gasteiger charge is 2.14. The van der Waals surface area contributed by atoms with Gasteiger partial charge >= 0.3 is 0 Å². The number of rotatable bonds is 6. The first-order valence-electron chi connectivity index (χ1n) is 8.28. The second-order valence-electron chi connectivity index (χ2n) is 5.67. The van der Waals surface area contributed by atoms with Gasteiger partial charge < -0.3 is 5.32 Å². The molecular weight excluding hydrogens is 366 g/mol. The quantitative estimate of drug-likeness (QED) is 0.667. The fraction of sp³-hybridized carbons (Fsp3) is 0.150. The molecule has 2 aromatic carbocycles. The first-order chi connectivity index (χ1) is 12.7. The van der Waals surface area contributed by atoms with Crippen molar-refractivity contribution >= 4 is 40.0 Å². The average molecular weight is 384 g/mol. The number of hydrogen-bond donors (Lipinski definition) is 1. The molecule has 0 aliphatic carbocycles. The Morgan fingerprint density at radius 3 is 2.42 bits per heavy atom. The normalized spacial score (nSPS) is 11.4. The number of carbonyl (C=O) groups excluding carboxylic acids is 1. The highest BCUT2D eigenvalue weighted by atomic mass is 35.5. The van der Waals surface area contributed by atoms with E-state index in [0.717, 1.165) is 17.5 Å². The van der Waals surface area contributed by atoms with E-state index in [2.05, 4.69) is 34.6 Å². The average Bonchev–Trinajstić information content (AvgIpc) is 3.18. The van der Waals surface area contributed by atoms with Crippen LogP contribution in [0.4, 0.5) is 0 Å². The van der Waals surface area contributed by atoms with Crippen molar-refractivity contribution in [2.75, 3.05) is 0 Å². The summed E-state index contributed by atoms with van der Waals surface area (Å²) in [4.78, 5) is 12.2. The minimum atomic E-state index is -0.255. The lowest BCUT2D eigenvalue weighted by molar-refractivity contribution is 0.0950. The summed E-state index contributed by atoms with van der Waals surface area (Å²) in [6, 6.07) is 17.9. The Hall–Kier alpha value is -2.50. The largest absolute Gasteiger partial charge is 0.346 e. The van der Waals surface area contributed by atoms with Crippen LogP contribution in [-0.2, 0) is 13.0 Å². The van der Waals surface area contributed by atoms with Gasteiger partial charge in [0.1, 0.15) is 0 Å². The number of carbonyl (C=O) groups is 1. The molecule has 0 aliphatic heterocycles. The van der Waals surface area contributed by atoms with Gasteiger partial charge in [0.2, 0.25) is 5.01 Å². The topological polar surface area (TPSA) is 54.9 Å². The van der Waals surface area contributed by atoms with E-state index in [1.165, 1.54) is 16.9 Å². The predicted molar refractivity (Wildman–Crippen MR) is 107 cm³/mol. The number of hydrogen-bond acceptors (Lipinski definition) is 4. The number of halogens is 1. The van der Waals surface area contributed by atoms with Crippen LogP contribution in [-0.4, -0.2) is 16.1 Å². The number of nitrogens with zero attached hydrogens (tertiary/aromatic N) is 2. The summed E-state index contributed by atoms with van der Waals surface area (Å²) in [6.07, 6.45) is 2.82. The molecule has 0 aliphatic rings. The smallest absolute Gasteiger partial charge is 0.282 e. The number of aryl methyl sites for hydroxylation is 1. The van der Waals surface area contributed by atoms with Crippen molar-refractivity contribution in [2.24, 2.45) is 0 Å². The third kappa shape index (κ3) is 4.77. The van der Waals surface area contributed by atoms with E-state index in [1.54, 1.807) is 0 Å². The highest BCUT2D eigenvalue weighted by Crippen LogP contribution is 2.25. The lowest BCUT2D eigenvalue weighted by Crippen LogP contribution is -2.22. The van der Waals surface area contributed by atoms with Gasteiger partial charge in [0.25, 0.3) is 5.91 Å². The Morgan fingerprint density at radius 2 is 1.73 bits per heavy atom. The van der Waals surface area contributed by atoms with Crippen molar-refractivity contribution in [1.29, 1.82) is 0 Å². The maximum atomic E-state index is 12.2. The van der Waals surface area contributed by atoms with Crippen molar-refractivity contribution in [2.45, 2.75) is 19.9 Å². The molecule has 1 N–H and O–H groups in total. The van der Waals surface area contributed by atoms with Crippen molar-refractivity contribution in [3.63, 3.8) is 0 Å². The van der Waals surface area contributed by atoms with Gasteiger partial charge in [0, 0.05) is 6.54 Å². The first-order valence-corrected chi connectivity index (χ1v) is 9.47. The van der Waals surface area contributed by atoms with Crippen LogP contribution in [0.3, 0.4) is 0 Å². The SMILES string of the molecule is CCc1ccc(C=C(Cl)c2nnc(C(=O)NCc3ccccc3)s2)cc1. The Kier molecular flexibility index (Phi) is 6.15. The number of amides is 1. The van der Waals surface area contributed by atoms with Gasteiger partial charge in [-0.3, -0.25) is 4.79 Å². The van der Waals surface area contributed by atoms with Gasteiger partial charge in [0.15, 0.2) is 5.01 Å². The van der Waals surface area contributed by atoms with Crippen LogP contribution in [0, 0.1) is 0 Å². The molecule has 26 heavy (non-hydrogen) atoms. The lowest BCUT2D eigenvalue weighted by atomic mass is 10.1. The van der Waals surface area contributed by atoms with E-state index in [4.69, 9.17) is 11.6 Å². The number of nitrogens with one attached hydrogen (secondary N) is 1. The zero-order chi connectivity index (χ0) is 18.4. The van der Waals surface area contributed by atoms with Crippen LogP contribution in [0.15, 0.2) is 54.6 Å². The van der Waals surface area contributed by atoms with Crippen LogP contribution < -0.4 is 5.32 Å². The molecule has 3 aromatic rings. The van der Waals surface area contributed by atoms with Gasteiger partial charge in [0.05, 0.1) is 5.03 Å². The maximum absolute atomic E-state index is 12.2. The molecule has 1 amide bonds. The van der Waals surface area contributed by atoms with E-state index >= 15 is 0 Å². The van der Waals surface area contributed by atoms with Gasteiger partial charge in [-0.2, -0.15) is 0 Å². The summed E-state index contributed by atoms with van der Waals surface area (Å²) < 4.78 is 0. The van der Waals surface area contributed by atoms with E-state index in [-0.39, 0.29) is 5.91 Å². The standard InChI is InChI=1S/C20H18ClN3OS/c1-2-14-8-10-15(11-9-14)12-17(21)19-23-24-20(26-19)18(25)22-13-16-6-4-3-5-7-16/h3-12H,2,13H2,1H3,(H,22,25). The molecule has 0 saturated carbocycles. The van der Waals surface area contributed by atoms with Gasteiger partial charge in [-0.15, -0.1) is 10.2 Å². The Labute approximate surface area is 161 Å². The third-order valence-electron chi connectivity index (χ3n) is 3.80. The number of benzene rings is 2. The Bertz CT molecular complexity index is 904. The van der Waals surface area contributed by atoms with Crippen LogP contribution in [0.5, 0.6) is 0 Å². The molecule has 1 aromatic heterocycles. The zero-order valence-electron chi connectivity index (χ0n) is 14.3. The summed E-state index contributed by atoms with van der Waals surface area (Å²) in [5.41, 5.74) is 3.28. The maximum Gasteiger partial charge on any atom is 0.282 e. The Morgan fingerprint density at radius 1 is 1.04 bits per heavy atom. The second kappa shape index (κ2) is 8.74. The molecule has 4 nitrogen and oxygen atoms in total. The molecule has 0 radical (unpaired) electrons. The Balaban J connectivity index is 1.65. The molecule has 0 fully saturated rings. The lowest BCUT2D eigenvalue weighted by Gasteiger charge is -2.02. The second-order valence-corrected chi connectivity index (χ2v) is 7.05. The highest BCUT2D eigenvalue weighted by molar-refractivity contribution is 7.15. The summed E-state index contributed by atoms with van der Waals surface area (Å²) in [5.74, 6) is -0.255. The number of aromatic nitrogens is 2. The van der Waals surface area contributed by atoms with Crippen molar-refractivity contribution in [3.05, 3.63) is 81.3 Å². The molecule has 0 unspecified atom stereocenters. The predicted octanol–water partition coefficient (Wildman–Crippen LogP) is 4.77. The van der Waals surface area contributed by atoms with Crippen molar-refractivity contribution < 1.29 is 4.79 Å². The molecule has 1 heterocycles. The van der Waals surface area contributed by atoms with Crippen LogP contribution in [0.25, 0.3) is 11.1 Å². The molecule has 6 heteroatoms. The van der Waals surface area contributed by atoms with Crippen molar-refractivity contribution in [1.82, 2.24) is 15.5 Å². The zero-order valence-corrected chi connectivity index (χ0v) is 15.8. The van der Waals surface area contributed by atoms with Gasteiger partial charge in [-0.05, 0) is 29.2 Å². The summed E-state index contributed by atoms with van der Waals surface area (Å²) in [7, 11) is 0. The summed E-state index contributed by atoms with van der Waals surface area (Å²) >= 11 is 7.52. The van der Waals surface area contributed by atoms with Crippen LogP contribution >= 0.6 is 22.9 Å². The van der Waals surface area contributed by atoms with E-state index in [1.807, 2.05) is 48.5 Å². The monoisotopic (exact) mass is 383 g/mol. The molecule has 0 spiro atoms. The van der Waals surface area contributed by atoms with Gasteiger partial charge in [-0.1, -0.05) is 84.5 Å². The van der Waals surface area contributed by atoms with Gasteiger partial charge in [-0.25, -0.2) is 0 Å². The molecule has 0 saturated heterocycles. The summed E-state index contributed by atoms with van der Waals surface area (Å²) in [6.45, 7) is 2.56. The van der Waals surface area contributed by atoms with Crippen molar-refractivity contribution in [3.8, 4) is 0 Å². The summed E-state index contributed by atoms with van der Waals surface area (Å²) in [5, 5.41) is 12.1. The van der Waals surface area contributed by atoms with Crippen LogP contribution in [0.1, 0.15) is 38.4 Å². The third-order valence-corrected chi connectivity index (χ3v) is 5.16. The van der Waals surface area contributed by atoms with E-state index in [0.29, 0.717) is 21.6 Å². The molecule has 3 rings (SSSR count).